The fourth-order valence-electron chi connectivity index (χ4n) is 7.34. The summed E-state index contributed by atoms with van der Waals surface area (Å²) < 4.78 is 56.6. The summed E-state index contributed by atoms with van der Waals surface area (Å²) in [6.45, 7) is 29.9. The monoisotopic (exact) mass is 931 g/mol. The lowest BCUT2D eigenvalue weighted by Crippen LogP contribution is -2.60. The van der Waals surface area contributed by atoms with Crippen LogP contribution in [0, 0.1) is 0 Å². The van der Waals surface area contributed by atoms with Gasteiger partial charge >= 0.3 is 25.7 Å². The zero-order valence-electron chi connectivity index (χ0n) is 40.6. The molecule has 0 bridgehead atoms. The fourth-order valence-corrected chi connectivity index (χ4v) is 31.1. The van der Waals surface area contributed by atoms with E-state index in [1.165, 1.54) is 77.0 Å². The normalized spacial score (nSPS) is 15.4. The van der Waals surface area contributed by atoms with Crippen LogP contribution < -0.4 is 0 Å². The van der Waals surface area contributed by atoms with Crippen LogP contribution in [0.5, 0.6) is 0 Å². The fraction of sp³-hybridized carbons (Fsp3) is 1.00. The minimum Gasteiger partial charge on any atom is -0.437 e. The smallest absolute Gasteiger partial charge is 0.317 e. The van der Waals surface area contributed by atoms with Crippen molar-refractivity contribution in [2.75, 3.05) is 72.7 Å². The number of unbranched alkanes of at least 4 members (excludes halogenated alkanes) is 14. The van der Waals surface area contributed by atoms with E-state index in [4.69, 9.17) is 45.3 Å². The Morgan fingerprint density at radius 2 is 0.712 bits per heavy atom. The molecule has 0 aliphatic rings. The summed E-state index contributed by atoms with van der Waals surface area (Å²) in [6.07, 6.45) is 21.7. The van der Waals surface area contributed by atoms with Gasteiger partial charge in [0.25, 0.3) is 0 Å². The summed E-state index contributed by atoms with van der Waals surface area (Å²) in [4.78, 5) is 0. The maximum Gasteiger partial charge on any atom is 0.317 e. The van der Waals surface area contributed by atoms with E-state index in [2.05, 4.69) is 72.4 Å². The molecule has 0 saturated heterocycles. The molecular formula is C43H98O11Si5. The highest BCUT2D eigenvalue weighted by Crippen LogP contribution is 2.32. The van der Waals surface area contributed by atoms with Gasteiger partial charge in [0.2, 0.25) is 0 Å². The van der Waals surface area contributed by atoms with Gasteiger partial charge in [0.1, 0.15) is 6.10 Å². The number of aliphatic hydroxyl groups is 2. The Labute approximate surface area is 370 Å². The Morgan fingerprint density at radius 1 is 0.373 bits per heavy atom. The number of hydrogen-bond acceptors (Lipinski definition) is 11. The maximum atomic E-state index is 9.65. The third kappa shape index (κ3) is 41.1. The van der Waals surface area contributed by atoms with E-state index in [0.717, 1.165) is 70.4 Å². The Balaban J connectivity index is 4.26. The van der Waals surface area contributed by atoms with Crippen molar-refractivity contribution in [3.05, 3.63) is 0 Å². The van der Waals surface area contributed by atoms with Crippen molar-refractivity contribution in [2.45, 2.75) is 206 Å². The second-order valence-corrected chi connectivity index (χ2v) is 39.2. The van der Waals surface area contributed by atoms with Crippen LogP contribution in [0.25, 0.3) is 0 Å². The molecule has 0 rings (SSSR count). The first-order valence-electron chi connectivity index (χ1n) is 23.8. The Morgan fingerprint density at radius 3 is 1.10 bits per heavy atom. The van der Waals surface area contributed by atoms with Crippen molar-refractivity contribution < 1.29 is 50.4 Å². The molecule has 0 amide bonds. The van der Waals surface area contributed by atoms with Gasteiger partial charge in [0, 0.05) is 33.0 Å². The number of aliphatic hydroxyl groups excluding tert-OH is 2. The van der Waals surface area contributed by atoms with Gasteiger partial charge in [-0.1, -0.05) is 84.0 Å². The third-order valence-corrected chi connectivity index (χ3v) is 27.8. The van der Waals surface area contributed by atoms with Gasteiger partial charge in [0.05, 0.1) is 39.6 Å². The van der Waals surface area contributed by atoms with Crippen LogP contribution >= 0.6 is 0 Å². The quantitative estimate of drug-likeness (QED) is 0.0448. The zero-order chi connectivity index (χ0) is 44.4. The summed E-state index contributed by atoms with van der Waals surface area (Å²) in [5.74, 6) is 0. The first kappa shape index (κ1) is 59.6. The molecule has 59 heavy (non-hydrogen) atoms. The van der Waals surface area contributed by atoms with E-state index in [1.807, 2.05) is 0 Å². The van der Waals surface area contributed by atoms with Crippen molar-refractivity contribution in [3.63, 3.8) is 0 Å². The molecule has 3 unspecified atom stereocenters. The molecule has 0 spiro atoms. The number of hydrogen-bond donors (Lipinski definition) is 2. The van der Waals surface area contributed by atoms with E-state index in [9.17, 15) is 5.11 Å². The SMILES string of the molecule is CCCCCCCCCCCCCCCOCCOCCCCCOCCOCCC[Si](C)(O[Si](C)(C)O[Si](C)(C)C)O[Si](C)(CCCOCC(O)CO)O[Si](C)(C)C. The highest BCUT2D eigenvalue weighted by atomic mass is 28.5. The molecule has 0 heterocycles. The third-order valence-electron chi connectivity index (χ3n) is 9.54. The van der Waals surface area contributed by atoms with Crippen LogP contribution in [0.4, 0.5) is 0 Å². The molecule has 3 atom stereocenters. The van der Waals surface area contributed by atoms with Crippen LogP contribution in [0.3, 0.4) is 0 Å². The van der Waals surface area contributed by atoms with Crippen molar-refractivity contribution in [1.29, 1.82) is 0 Å². The summed E-state index contributed by atoms with van der Waals surface area (Å²) in [6, 6.07) is 1.54. The van der Waals surface area contributed by atoms with Gasteiger partial charge in [-0.15, -0.1) is 0 Å². The first-order chi connectivity index (χ1) is 27.8. The number of ether oxygens (including phenoxy) is 5. The van der Waals surface area contributed by atoms with Crippen molar-refractivity contribution in [3.8, 4) is 0 Å². The van der Waals surface area contributed by atoms with Gasteiger partial charge < -0.3 is 50.4 Å². The molecule has 11 nitrogen and oxygen atoms in total. The topological polar surface area (TPSA) is 124 Å². The van der Waals surface area contributed by atoms with Crippen molar-refractivity contribution >= 4 is 42.3 Å². The Kier molecular flexibility index (Phi) is 36.3. The maximum absolute atomic E-state index is 9.65. The van der Waals surface area contributed by atoms with Crippen LogP contribution in [0.2, 0.25) is 77.6 Å². The average Bonchev–Trinajstić information content (AvgIpc) is 3.11. The molecule has 2 N–H and O–H groups in total. The lowest BCUT2D eigenvalue weighted by molar-refractivity contribution is 0.00623. The largest absolute Gasteiger partial charge is 0.437 e. The van der Waals surface area contributed by atoms with Gasteiger partial charge in [-0.3, -0.25) is 0 Å². The van der Waals surface area contributed by atoms with E-state index in [-0.39, 0.29) is 13.2 Å². The van der Waals surface area contributed by atoms with E-state index >= 15 is 0 Å². The van der Waals surface area contributed by atoms with Crippen LogP contribution in [0.1, 0.15) is 122 Å². The lowest BCUT2D eigenvalue weighted by Gasteiger charge is -2.44. The lowest BCUT2D eigenvalue weighted by atomic mass is 10.0. The molecule has 0 aliphatic carbocycles. The van der Waals surface area contributed by atoms with E-state index in [1.54, 1.807) is 0 Å². The zero-order valence-corrected chi connectivity index (χ0v) is 45.6. The van der Waals surface area contributed by atoms with Gasteiger partial charge in [-0.05, 0) is 116 Å². The molecule has 0 fully saturated rings. The molecule has 0 aromatic carbocycles. The first-order valence-corrected chi connectivity index (χ1v) is 38.5. The van der Waals surface area contributed by atoms with Crippen molar-refractivity contribution in [1.82, 2.24) is 0 Å². The predicted molar refractivity (Wildman–Crippen MR) is 257 cm³/mol. The molecule has 16 heteroatoms. The summed E-state index contributed by atoms with van der Waals surface area (Å²) >= 11 is 0. The second-order valence-electron chi connectivity index (χ2n) is 19.2. The van der Waals surface area contributed by atoms with Gasteiger partial charge in [-0.25, -0.2) is 0 Å². The summed E-state index contributed by atoms with van der Waals surface area (Å²) in [5.41, 5.74) is 0. The molecule has 0 aromatic rings. The van der Waals surface area contributed by atoms with Gasteiger partial charge in [0.15, 0.2) is 16.6 Å². The minimum absolute atomic E-state index is 0.116. The summed E-state index contributed by atoms with van der Waals surface area (Å²) in [7, 11) is -11.7. The van der Waals surface area contributed by atoms with Crippen LogP contribution in [0.15, 0.2) is 0 Å². The molecule has 0 aliphatic heterocycles. The average molecular weight is 932 g/mol. The molecule has 0 saturated carbocycles. The van der Waals surface area contributed by atoms with Crippen molar-refractivity contribution in [2.24, 2.45) is 0 Å². The molecule has 356 valence electrons. The summed E-state index contributed by atoms with van der Waals surface area (Å²) in [5, 5.41) is 18.8. The van der Waals surface area contributed by atoms with Crippen LogP contribution in [-0.2, 0) is 40.1 Å². The molecule has 0 aromatic heterocycles. The minimum atomic E-state index is -2.76. The molecule has 0 radical (unpaired) electrons. The highest BCUT2D eigenvalue weighted by molar-refractivity contribution is 6.90. The number of rotatable bonds is 45. The standard InChI is InChI=1S/C43H98O11Si5/c1-12-13-14-15-16-17-18-19-20-21-22-23-25-30-46-35-36-47-31-26-24-27-32-48-37-38-49-33-28-40-59(11,53-57(8,9)51-55(2,3)4)54-58(10,52-56(5,6)7)39-29-34-50-42-43(45)41-44/h43-45H,12-42H2,1-11H3. The molecular weight excluding hydrogens is 833 g/mol. The van der Waals surface area contributed by atoms with E-state index < -0.39 is 48.4 Å². The predicted octanol–water partition coefficient (Wildman–Crippen LogP) is 11.0. The highest BCUT2D eigenvalue weighted by Gasteiger charge is 2.48. The van der Waals surface area contributed by atoms with E-state index in [0.29, 0.717) is 39.6 Å². The Bertz CT molecular complexity index is 945. The van der Waals surface area contributed by atoms with Gasteiger partial charge in [-0.2, -0.15) is 0 Å². The second kappa shape index (κ2) is 35.9. The Hall–Kier alpha value is 0.644. The van der Waals surface area contributed by atoms with Crippen LogP contribution in [-0.4, -0.2) is 131 Å².